The fourth-order valence-corrected chi connectivity index (χ4v) is 1.73. The van der Waals surface area contributed by atoms with E-state index in [1.165, 1.54) is 6.07 Å². The van der Waals surface area contributed by atoms with Gasteiger partial charge in [-0.25, -0.2) is 13.8 Å². The van der Waals surface area contributed by atoms with Crippen molar-refractivity contribution in [2.75, 3.05) is 5.32 Å². The van der Waals surface area contributed by atoms with E-state index in [1.54, 1.807) is 19.1 Å². The molecule has 98 valence electrons. The van der Waals surface area contributed by atoms with Gasteiger partial charge in [0.05, 0.1) is 5.56 Å². The first kappa shape index (κ1) is 13.4. The van der Waals surface area contributed by atoms with Gasteiger partial charge < -0.3 is 11.1 Å². The van der Waals surface area contributed by atoms with Gasteiger partial charge in [-0.2, -0.15) is 0 Å². The van der Waals surface area contributed by atoms with Gasteiger partial charge in [0, 0.05) is 17.4 Å². The number of hydrogen-bond acceptors (Lipinski definition) is 3. The van der Waals surface area contributed by atoms with E-state index in [1.807, 2.05) is 0 Å². The summed E-state index contributed by atoms with van der Waals surface area (Å²) in [6, 6.07) is 6.99. The van der Waals surface area contributed by atoms with Crippen LogP contribution in [0.1, 0.15) is 11.3 Å². The number of anilines is 2. The Bertz CT molecular complexity index is 644. The van der Waals surface area contributed by atoms with E-state index in [2.05, 4.69) is 10.3 Å². The van der Waals surface area contributed by atoms with Crippen LogP contribution < -0.4 is 11.1 Å². The number of nitrogens with zero attached hydrogens (tertiary/aromatic N) is 1. The van der Waals surface area contributed by atoms with E-state index in [0.29, 0.717) is 17.1 Å². The summed E-state index contributed by atoms with van der Waals surface area (Å²) in [5, 5.41) is 2.88. The lowest BCUT2D eigenvalue weighted by molar-refractivity contribution is 0.509. The fraction of sp³-hybridized carbons (Fsp3) is 0.0769. The highest BCUT2D eigenvalue weighted by molar-refractivity contribution is 7.80. The van der Waals surface area contributed by atoms with Crippen molar-refractivity contribution in [2.45, 2.75) is 6.92 Å². The topological polar surface area (TPSA) is 50.9 Å². The molecule has 3 nitrogen and oxygen atoms in total. The Labute approximate surface area is 114 Å². The second kappa shape index (κ2) is 5.27. The summed E-state index contributed by atoms with van der Waals surface area (Å²) in [5.41, 5.74) is 7.26. The van der Waals surface area contributed by atoms with Gasteiger partial charge in [-0.05, 0) is 31.2 Å². The first-order valence-corrected chi connectivity index (χ1v) is 5.87. The molecule has 1 heterocycles. The van der Waals surface area contributed by atoms with Gasteiger partial charge in [0.25, 0.3) is 0 Å². The average molecular weight is 279 g/mol. The Morgan fingerprint density at radius 2 is 1.95 bits per heavy atom. The van der Waals surface area contributed by atoms with Gasteiger partial charge in [-0.3, -0.25) is 0 Å². The van der Waals surface area contributed by atoms with E-state index in [9.17, 15) is 8.78 Å². The maximum Gasteiger partial charge on any atom is 0.160 e. The monoisotopic (exact) mass is 279 g/mol. The third-order valence-corrected chi connectivity index (χ3v) is 2.70. The molecular weight excluding hydrogens is 268 g/mol. The molecule has 1 aromatic carbocycles. The van der Waals surface area contributed by atoms with E-state index in [4.69, 9.17) is 18.0 Å². The molecule has 0 radical (unpaired) electrons. The maximum absolute atomic E-state index is 13.1. The summed E-state index contributed by atoms with van der Waals surface area (Å²) < 4.78 is 26.0. The normalized spacial score (nSPS) is 10.3. The van der Waals surface area contributed by atoms with E-state index in [-0.39, 0.29) is 4.99 Å². The molecule has 2 aromatic rings. The third-order valence-electron chi connectivity index (χ3n) is 2.48. The zero-order valence-electron chi connectivity index (χ0n) is 10.1. The number of thiocarbonyl (C=S) groups is 1. The molecule has 0 spiro atoms. The van der Waals surface area contributed by atoms with Crippen LogP contribution in [-0.4, -0.2) is 9.97 Å². The second-order valence-corrected chi connectivity index (χ2v) is 4.41. The first-order chi connectivity index (χ1) is 8.97. The number of nitrogens with two attached hydrogens (primary N) is 1. The molecule has 0 saturated heterocycles. The predicted octanol–water partition coefficient (Wildman–Crippen LogP) is 3.05. The molecule has 2 rings (SSSR count). The van der Waals surface area contributed by atoms with Gasteiger partial charge in [-0.1, -0.05) is 12.2 Å². The molecule has 0 aliphatic carbocycles. The summed E-state index contributed by atoms with van der Waals surface area (Å²) in [5.74, 6) is -1.43. The van der Waals surface area contributed by atoms with Crippen LogP contribution in [0.2, 0.25) is 0 Å². The van der Waals surface area contributed by atoms with Gasteiger partial charge in [-0.15, -0.1) is 0 Å². The standard InChI is InChI=1S/C13H11F2N3S/c1-7-2-4-9(12(16)19)13(17-7)18-8-3-5-10(14)11(15)6-8/h2-6H,1H3,(H2,16,19)(H,17,18). The minimum Gasteiger partial charge on any atom is -0.389 e. The van der Waals surface area contributed by atoms with Gasteiger partial charge >= 0.3 is 0 Å². The summed E-state index contributed by atoms with van der Waals surface area (Å²) in [7, 11) is 0. The van der Waals surface area contributed by atoms with Crippen molar-refractivity contribution in [3.63, 3.8) is 0 Å². The van der Waals surface area contributed by atoms with Crippen LogP contribution in [0.4, 0.5) is 20.3 Å². The molecular formula is C13H11F2N3S. The molecule has 0 unspecified atom stereocenters. The number of pyridine rings is 1. The molecule has 0 atom stereocenters. The zero-order valence-corrected chi connectivity index (χ0v) is 10.9. The Hall–Kier alpha value is -2.08. The number of aryl methyl sites for hydroxylation is 1. The van der Waals surface area contributed by atoms with Crippen LogP contribution in [0.3, 0.4) is 0 Å². The lowest BCUT2D eigenvalue weighted by Crippen LogP contribution is -2.13. The van der Waals surface area contributed by atoms with E-state index < -0.39 is 11.6 Å². The summed E-state index contributed by atoms with van der Waals surface area (Å²) >= 11 is 4.92. The van der Waals surface area contributed by atoms with Gasteiger partial charge in [0.1, 0.15) is 10.8 Å². The van der Waals surface area contributed by atoms with Crippen LogP contribution >= 0.6 is 12.2 Å². The van der Waals surface area contributed by atoms with E-state index >= 15 is 0 Å². The maximum atomic E-state index is 13.1. The number of halogens is 2. The number of nitrogens with one attached hydrogen (secondary N) is 1. The first-order valence-electron chi connectivity index (χ1n) is 5.47. The van der Waals surface area contributed by atoms with Crippen molar-refractivity contribution in [2.24, 2.45) is 5.73 Å². The highest BCUT2D eigenvalue weighted by Gasteiger charge is 2.09. The number of rotatable bonds is 3. The third kappa shape index (κ3) is 3.03. The molecule has 0 aliphatic heterocycles. The Morgan fingerprint density at radius 1 is 1.21 bits per heavy atom. The summed E-state index contributed by atoms with van der Waals surface area (Å²) in [4.78, 5) is 4.43. The Balaban J connectivity index is 2.39. The average Bonchev–Trinajstić information content (AvgIpc) is 2.33. The molecule has 6 heteroatoms. The molecule has 0 amide bonds. The largest absolute Gasteiger partial charge is 0.389 e. The second-order valence-electron chi connectivity index (χ2n) is 3.97. The fourth-order valence-electron chi connectivity index (χ4n) is 1.56. The minimum atomic E-state index is -0.936. The van der Waals surface area contributed by atoms with Crippen LogP contribution in [0.25, 0.3) is 0 Å². The number of benzene rings is 1. The van der Waals surface area contributed by atoms with E-state index in [0.717, 1.165) is 17.8 Å². The van der Waals surface area contributed by atoms with Crippen molar-refractivity contribution in [1.29, 1.82) is 0 Å². The van der Waals surface area contributed by atoms with Crippen molar-refractivity contribution in [3.8, 4) is 0 Å². The van der Waals surface area contributed by atoms with Gasteiger partial charge in [0.2, 0.25) is 0 Å². The molecule has 0 bridgehead atoms. The lowest BCUT2D eigenvalue weighted by atomic mass is 10.2. The van der Waals surface area contributed by atoms with Crippen molar-refractivity contribution >= 4 is 28.7 Å². The highest BCUT2D eigenvalue weighted by Crippen LogP contribution is 2.21. The summed E-state index contributed by atoms with van der Waals surface area (Å²) in [6.07, 6.45) is 0. The molecule has 0 aliphatic rings. The van der Waals surface area contributed by atoms with Crippen LogP contribution in [0.15, 0.2) is 30.3 Å². The SMILES string of the molecule is Cc1ccc(C(N)=S)c(Nc2ccc(F)c(F)c2)n1. The van der Waals surface area contributed by atoms with Crippen molar-refractivity contribution in [1.82, 2.24) is 4.98 Å². The quantitative estimate of drug-likeness (QED) is 0.848. The zero-order chi connectivity index (χ0) is 14.0. The summed E-state index contributed by atoms with van der Waals surface area (Å²) in [6.45, 7) is 1.81. The van der Waals surface area contributed by atoms with Gasteiger partial charge in [0.15, 0.2) is 11.6 Å². The van der Waals surface area contributed by atoms with Crippen molar-refractivity contribution < 1.29 is 8.78 Å². The smallest absolute Gasteiger partial charge is 0.160 e. The van der Waals surface area contributed by atoms with Crippen molar-refractivity contribution in [3.05, 3.63) is 53.2 Å². The highest BCUT2D eigenvalue weighted by atomic mass is 32.1. The lowest BCUT2D eigenvalue weighted by Gasteiger charge is -2.11. The molecule has 3 N–H and O–H groups in total. The predicted molar refractivity (Wildman–Crippen MR) is 74.5 cm³/mol. The number of aromatic nitrogens is 1. The van der Waals surface area contributed by atoms with Crippen LogP contribution in [-0.2, 0) is 0 Å². The van der Waals surface area contributed by atoms with Crippen LogP contribution in [0.5, 0.6) is 0 Å². The molecule has 19 heavy (non-hydrogen) atoms. The Morgan fingerprint density at radius 3 is 2.58 bits per heavy atom. The molecule has 0 fully saturated rings. The Kier molecular flexibility index (Phi) is 3.71. The van der Waals surface area contributed by atoms with Crippen LogP contribution in [0, 0.1) is 18.6 Å². The number of hydrogen-bond donors (Lipinski definition) is 2. The minimum absolute atomic E-state index is 0.178. The molecule has 1 aromatic heterocycles. The molecule has 0 saturated carbocycles.